The number of methoxy groups -OCH3 is 1. The van der Waals surface area contributed by atoms with Gasteiger partial charge in [-0.15, -0.1) is 0 Å². The molecule has 0 spiro atoms. The van der Waals surface area contributed by atoms with E-state index in [1.807, 2.05) is 0 Å². The van der Waals surface area contributed by atoms with Crippen LogP contribution in [0.5, 0.6) is 0 Å². The second kappa shape index (κ2) is 9.59. The van der Waals surface area contributed by atoms with Crippen molar-refractivity contribution in [3.8, 4) is 0 Å². The molecule has 9 nitrogen and oxygen atoms in total. The Morgan fingerprint density at radius 3 is 2.28 bits per heavy atom. The molecule has 10 heteroatoms. The summed E-state index contributed by atoms with van der Waals surface area (Å²) in [4.78, 5) is 27.7. The summed E-state index contributed by atoms with van der Waals surface area (Å²) >= 11 is 0. The van der Waals surface area contributed by atoms with Crippen LogP contribution in [0.2, 0.25) is 0 Å². The van der Waals surface area contributed by atoms with E-state index in [0.717, 1.165) is 0 Å². The Morgan fingerprint density at radius 2 is 1.79 bits per heavy atom. The summed E-state index contributed by atoms with van der Waals surface area (Å²) in [7, 11) is -2.84. The number of sulfonamides is 1. The Kier molecular flexibility index (Phi) is 7.43. The number of carbonyl (C=O) groups excluding carboxylic acids is 2. The quantitative estimate of drug-likeness (QED) is 0.335. The average Bonchev–Trinajstić information content (AvgIpc) is 2.72. The number of aromatic nitrogens is 1. The SMILES string of the molecule is COC(=O)c1ccc(S(=O)(=O)NC(c2cccnc2)C(C(=O)NO)C(C)C)cc1. The minimum absolute atomic E-state index is 0.0917. The fraction of sp³-hybridized carbons (Fsp3) is 0.316. The lowest BCUT2D eigenvalue weighted by molar-refractivity contribution is -0.135. The van der Waals surface area contributed by atoms with E-state index in [1.54, 1.807) is 31.5 Å². The van der Waals surface area contributed by atoms with Gasteiger partial charge in [-0.3, -0.25) is 15.0 Å². The predicted molar refractivity (Wildman–Crippen MR) is 103 cm³/mol. The van der Waals surface area contributed by atoms with Gasteiger partial charge in [0.15, 0.2) is 0 Å². The molecule has 2 aromatic rings. The van der Waals surface area contributed by atoms with Gasteiger partial charge in [-0.25, -0.2) is 23.4 Å². The first-order chi connectivity index (χ1) is 13.7. The van der Waals surface area contributed by atoms with Crippen molar-refractivity contribution in [2.75, 3.05) is 7.11 Å². The molecule has 2 atom stereocenters. The molecule has 2 unspecified atom stereocenters. The maximum absolute atomic E-state index is 13.0. The monoisotopic (exact) mass is 421 g/mol. The van der Waals surface area contributed by atoms with Crippen molar-refractivity contribution >= 4 is 21.9 Å². The summed E-state index contributed by atoms with van der Waals surface area (Å²) in [5.41, 5.74) is 2.27. The molecule has 0 aliphatic rings. The van der Waals surface area contributed by atoms with Gasteiger partial charge in [0.05, 0.1) is 29.5 Å². The third kappa shape index (κ3) is 5.37. The Labute approximate surface area is 169 Å². The lowest BCUT2D eigenvalue weighted by Crippen LogP contribution is -2.43. The van der Waals surface area contributed by atoms with E-state index in [4.69, 9.17) is 5.21 Å². The zero-order chi connectivity index (χ0) is 21.6. The van der Waals surface area contributed by atoms with Crippen molar-refractivity contribution < 1.29 is 28.0 Å². The van der Waals surface area contributed by atoms with Crippen molar-refractivity contribution in [1.82, 2.24) is 15.2 Å². The minimum Gasteiger partial charge on any atom is -0.465 e. The third-order valence-corrected chi connectivity index (χ3v) is 5.86. The van der Waals surface area contributed by atoms with Crippen LogP contribution in [0.1, 0.15) is 35.8 Å². The Bertz CT molecular complexity index is 946. The van der Waals surface area contributed by atoms with E-state index in [-0.39, 0.29) is 16.4 Å². The number of hydrogen-bond acceptors (Lipinski definition) is 7. The van der Waals surface area contributed by atoms with Gasteiger partial charge in [0.2, 0.25) is 15.9 Å². The zero-order valence-corrected chi connectivity index (χ0v) is 17.0. The molecule has 0 radical (unpaired) electrons. The molecule has 0 saturated carbocycles. The molecule has 0 aliphatic carbocycles. The van der Waals surface area contributed by atoms with Crippen LogP contribution in [-0.2, 0) is 19.6 Å². The Hall–Kier alpha value is -2.82. The van der Waals surface area contributed by atoms with E-state index < -0.39 is 33.9 Å². The summed E-state index contributed by atoms with van der Waals surface area (Å²) in [5, 5.41) is 9.13. The van der Waals surface area contributed by atoms with Crippen molar-refractivity contribution in [3.63, 3.8) is 0 Å². The lowest BCUT2D eigenvalue weighted by atomic mass is 9.85. The van der Waals surface area contributed by atoms with Crippen LogP contribution in [0.3, 0.4) is 0 Å². The van der Waals surface area contributed by atoms with Crippen LogP contribution in [0.15, 0.2) is 53.7 Å². The number of rotatable bonds is 8. The molecule has 156 valence electrons. The lowest BCUT2D eigenvalue weighted by Gasteiger charge is -2.29. The highest BCUT2D eigenvalue weighted by Crippen LogP contribution is 2.30. The first kappa shape index (κ1) is 22.5. The molecule has 1 aromatic heterocycles. The summed E-state index contributed by atoms with van der Waals surface area (Å²) < 4.78 is 33.1. The van der Waals surface area contributed by atoms with Crippen LogP contribution in [0, 0.1) is 11.8 Å². The summed E-state index contributed by atoms with van der Waals surface area (Å²) in [5.74, 6) is -2.53. The largest absolute Gasteiger partial charge is 0.465 e. The second-order valence-electron chi connectivity index (χ2n) is 6.65. The van der Waals surface area contributed by atoms with E-state index in [9.17, 15) is 18.0 Å². The molecule has 0 aliphatic heterocycles. The third-order valence-electron chi connectivity index (χ3n) is 4.40. The molecule has 1 amide bonds. The molecule has 1 heterocycles. The topological polar surface area (TPSA) is 135 Å². The zero-order valence-electron chi connectivity index (χ0n) is 16.2. The molecule has 3 N–H and O–H groups in total. The van der Waals surface area contributed by atoms with Gasteiger partial charge in [0, 0.05) is 12.4 Å². The van der Waals surface area contributed by atoms with Crippen LogP contribution >= 0.6 is 0 Å². The molecular weight excluding hydrogens is 398 g/mol. The highest BCUT2D eigenvalue weighted by atomic mass is 32.2. The van der Waals surface area contributed by atoms with Crippen molar-refractivity contribution in [2.45, 2.75) is 24.8 Å². The van der Waals surface area contributed by atoms with E-state index in [0.29, 0.717) is 5.56 Å². The summed E-state index contributed by atoms with van der Waals surface area (Å²) in [6.45, 7) is 3.48. The van der Waals surface area contributed by atoms with Gasteiger partial charge < -0.3 is 4.74 Å². The Balaban J connectivity index is 2.44. The van der Waals surface area contributed by atoms with Crippen molar-refractivity contribution in [3.05, 3.63) is 59.9 Å². The van der Waals surface area contributed by atoms with Crippen LogP contribution < -0.4 is 10.2 Å². The number of benzene rings is 1. The van der Waals surface area contributed by atoms with E-state index >= 15 is 0 Å². The normalized spacial score (nSPS) is 13.6. The number of nitrogens with one attached hydrogen (secondary N) is 2. The molecule has 0 saturated heterocycles. The number of amides is 1. The summed E-state index contributed by atoms with van der Waals surface area (Å²) in [6, 6.07) is 7.48. The molecule has 0 bridgehead atoms. The minimum atomic E-state index is -4.07. The first-order valence-corrected chi connectivity index (χ1v) is 10.2. The maximum atomic E-state index is 13.0. The standard InChI is InChI=1S/C19H23N3O6S/c1-12(2)16(18(23)21-25)17(14-5-4-10-20-11-14)22-29(26,27)15-8-6-13(7-9-15)19(24)28-3/h4-12,16-17,22,25H,1-3H3,(H,21,23). The number of nitrogens with zero attached hydrogens (tertiary/aromatic N) is 1. The average molecular weight is 421 g/mol. The van der Waals surface area contributed by atoms with Gasteiger partial charge in [0.25, 0.3) is 0 Å². The fourth-order valence-corrected chi connectivity index (χ4v) is 4.19. The van der Waals surface area contributed by atoms with Crippen LogP contribution in [0.25, 0.3) is 0 Å². The highest BCUT2D eigenvalue weighted by Gasteiger charge is 2.35. The second-order valence-corrected chi connectivity index (χ2v) is 8.36. The van der Waals surface area contributed by atoms with Gasteiger partial charge in [0.1, 0.15) is 0 Å². The van der Waals surface area contributed by atoms with Gasteiger partial charge in [-0.2, -0.15) is 0 Å². The molecule has 1 aromatic carbocycles. The number of carbonyl (C=O) groups is 2. The van der Waals surface area contributed by atoms with E-state index in [2.05, 4.69) is 14.4 Å². The van der Waals surface area contributed by atoms with Crippen LogP contribution in [-0.4, -0.2) is 37.6 Å². The first-order valence-electron chi connectivity index (χ1n) is 8.75. The van der Waals surface area contributed by atoms with E-state index in [1.165, 1.54) is 43.8 Å². The number of hydrogen-bond donors (Lipinski definition) is 3. The maximum Gasteiger partial charge on any atom is 0.337 e. The van der Waals surface area contributed by atoms with Gasteiger partial charge >= 0.3 is 5.97 Å². The number of esters is 1. The molecule has 2 rings (SSSR count). The van der Waals surface area contributed by atoms with Gasteiger partial charge in [-0.05, 0) is 41.8 Å². The number of hydroxylamine groups is 1. The van der Waals surface area contributed by atoms with Crippen LogP contribution in [0.4, 0.5) is 0 Å². The Morgan fingerprint density at radius 1 is 1.14 bits per heavy atom. The number of pyridine rings is 1. The molecule has 0 fully saturated rings. The highest BCUT2D eigenvalue weighted by molar-refractivity contribution is 7.89. The number of ether oxygens (including phenoxy) is 1. The van der Waals surface area contributed by atoms with Gasteiger partial charge in [-0.1, -0.05) is 19.9 Å². The molecular formula is C19H23N3O6S. The predicted octanol–water partition coefficient (Wildman–Crippen LogP) is 1.67. The summed E-state index contributed by atoms with van der Waals surface area (Å²) in [6.07, 6.45) is 2.98. The smallest absolute Gasteiger partial charge is 0.337 e. The van der Waals surface area contributed by atoms with Crippen molar-refractivity contribution in [1.29, 1.82) is 0 Å². The van der Waals surface area contributed by atoms with Crippen molar-refractivity contribution in [2.24, 2.45) is 11.8 Å². The fourth-order valence-electron chi connectivity index (χ4n) is 2.95. The molecule has 29 heavy (non-hydrogen) atoms.